The SMILES string of the molecule is COC(=O)c1ccc(Cn2ccc(=O)c3ccc(C(F)(F)F)cc32)o1. The molecule has 0 atom stereocenters. The molecule has 130 valence electrons. The summed E-state index contributed by atoms with van der Waals surface area (Å²) >= 11 is 0. The first-order valence-electron chi connectivity index (χ1n) is 7.17. The molecule has 1 aromatic carbocycles. The van der Waals surface area contributed by atoms with Crippen molar-refractivity contribution < 1.29 is 27.1 Å². The minimum atomic E-state index is -4.52. The quantitative estimate of drug-likeness (QED) is 0.678. The number of hydrogen-bond donors (Lipinski definition) is 0. The molecule has 0 aliphatic carbocycles. The van der Waals surface area contributed by atoms with Gasteiger partial charge >= 0.3 is 12.1 Å². The highest BCUT2D eigenvalue weighted by molar-refractivity contribution is 5.86. The van der Waals surface area contributed by atoms with Crippen molar-refractivity contribution in [1.82, 2.24) is 4.57 Å². The summed E-state index contributed by atoms with van der Waals surface area (Å²) < 4.78 is 50.2. The highest BCUT2D eigenvalue weighted by Gasteiger charge is 2.30. The Bertz CT molecular complexity index is 1000. The second kappa shape index (κ2) is 6.12. The summed E-state index contributed by atoms with van der Waals surface area (Å²) in [5.41, 5.74) is -1.11. The summed E-state index contributed by atoms with van der Waals surface area (Å²) in [6.07, 6.45) is -3.14. The summed E-state index contributed by atoms with van der Waals surface area (Å²) in [5.74, 6) is -0.336. The maximum Gasteiger partial charge on any atom is 0.416 e. The van der Waals surface area contributed by atoms with E-state index in [1.54, 1.807) is 0 Å². The van der Waals surface area contributed by atoms with Crippen LogP contribution in [0.25, 0.3) is 10.9 Å². The van der Waals surface area contributed by atoms with Gasteiger partial charge in [0.05, 0.1) is 24.7 Å². The number of nitrogens with zero attached hydrogens (tertiary/aromatic N) is 1. The van der Waals surface area contributed by atoms with Crippen LogP contribution in [0.5, 0.6) is 0 Å². The number of fused-ring (bicyclic) bond motifs is 1. The van der Waals surface area contributed by atoms with Crippen molar-refractivity contribution in [2.45, 2.75) is 12.7 Å². The Morgan fingerprint density at radius 3 is 2.64 bits per heavy atom. The first kappa shape index (κ1) is 16.8. The number of carbonyl (C=O) groups is 1. The predicted octanol–water partition coefficient (Wildman–Crippen LogP) is 3.45. The molecule has 2 aromatic heterocycles. The Morgan fingerprint density at radius 2 is 1.96 bits per heavy atom. The lowest BCUT2D eigenvalue weighted by Crippen LogP contribution is -2.11. The molecule has 5 nitrogen and oxygen atoms in total. The molecule has 3 aromatic rings. The summed E-state index contributed by atoms with van der Waals surface area (Å²) in [7, 11) is 1.21. The van der Waals surface area contributed by atoms with Crippen molar-refractivity contribution >= 4 is 16.9 Å². The lowest BCUT2D eigenvalue weighted by Gasteiger charge is -2.12. The molecule has 0 unspecified atom stereocenters. The third-order valence-corrected chi connectivity index (χ3v) is 3.68. The molecule has 0 aliphatic heterocycles. The third-order valence-electron chi connectivity index (χ3n) is 3.68. The standard InChI is InChI=1S/C17H12F3NO4/c1-24-16(23)15-5-3-11(25-15)9-21-7-6-14(22)12-4-2-10(8-13(12)21)17(18,19)20/h2-8H,9H2,1H3. The Kier molecular flexibility index (Phi) is 4.12. The fourth-order valence-corrected chi connectivity index (χ4v) is 2.46. The first-order chi connectivity index (χ1) is 11.8. The van der Waals surface area contributed by atoms with Crippen LogP contribution in [0.4, 0.5) is 13.2 Å². The van der Waals surface area contributed by atoms with Gasteiger partial charge in [-0.15, -0.1) is 0 Å². The molecule has 25 heavy (non-hydrogen) atoms. The first-order valence-corrected chi connectivity index (χ1v) is 7.17. The normalized spacial score (nSPS) is 11.7. The van der Waals surface area contributed by atoms with Crippen molar-refractivity contribution in [2.24, 2.45) is 0 Å². The van der Waals surface area contributed by atoms with Gasteiger partial charge in [0.25, 0.3) is 0 Å². The number of hydrogen-bond acceptors (Lipinski definition) is 4. The van der Waals surface area contributed by atoms with E-state index in [-0.39, 0.29) is 28.6 Å². The largest absolute Gasteiger partial charge is 0.463 e. The molecule has 0 N–H and O–H groups in total. The highest BCUT2D eigenvalue weighted by Crippen LogP contribution is 2.31. The van der Waals surface area contributed by atoms with E-state index < -0.39 is 17.7 Å². The number of esters is 1. The van der Waals surface area contributed by atoms with Crippen molar-refractivity contribution in [3.05, 3.63) is 69.9 Å². The minimum Gasteiger partial charge on any atom is -0.463 e. The molecule has 0 fully saturated rings. The number of alkyl halides is 3. The van der Waals surface area contributed by atoms with E-state index in [2.05, 4.69) is 4.74 Å². The molecular formula is C17H12F3NO4. The number of rotatable bonds is 3. The van der Waals surface area contributed by atoms with Gasteiger partial charge in [0.2, 0.25) is 5.76 Å². The number of benzene rings is 1. The maximum absolute atomic E-state index is 12.9. The van der Waals surface area contributed by atoms with E-state index in [4.69, 9.17) is 4.42 Å². The van der Waals surface area contributed by atoms with Crippen molar-refractivity contribution in [3.63, 3.8) is 0 Å². The van der Waals surface area contributed by atoms with E-state index >= 15 is 0 Å². The molecule has 0 spiro atoms. The van der Waals surface area contributed by atoms with Crippen molar-refractivity contribution in [2.75, 3.05) is 7.11 Å². The van der Waals surface area contributed by atoms with Gasteiger partial charge in [0, 0.05) is 17.6 Å². The predicted molar refractivity (Wildman–Crippen MR) is 82.4 cm³/mol. The monoisotopic (exact) mass is 351 g/mol. The van der Waals surface area contributed by atoms with Crippen LogP contribution in [0.2, 0.25) is 0 Å². The van der Waals surface area contributed by atoms with Gasteiger partial charge in [0.15, 0.2) is 5.43 Å². The molecule has 0 saturated carbocycles. The van der Waals surface area contributed by atoms with Crippen LogP contribution in [-0.2, 0) is 17.5 Å². The summed E-state index contributed by atoms with van der Waals surface area (Å²) in [6.45, 7) is 0.0507. The summed E-state index contributed by atoms with van der Waals surface area (Å²) in [6, 6.07) is 7.13. The second-order valence-electron chi connectivity index (χ2n) is 5.30. The zero-order valence-electron chi connectivity index (χ0n) is 13.0. The Morgan fingerprint density at radius 1 is 1.20 bits per heavy atom. The number of aromatic nitrogens is 1. The molecule has 2 heterocycles. The van der Waals surface area contributed by atoms with Crippen LogP contribution >= 0.6 is 0 Å². The number of halogens is 3. The topological polar surface area (TPSA) is 61.4 Å². The van der Waals surface area contributed by atoms with Gasteiger partial charge in [-0.25, -0.2) is 4.79 Å². The molecule has 3 rings (SSSR count). The summed E-state index contributed by atoms with van der Waals surface area (Å²) in [5, 5.41) is 0.162. The van der Waals surface area contributed by atoms with Crippen LogP contribution in [-0.4, -0.2) is 17.6 Å². The molecule has 0 amide bonds. The zero-order valence-corrected chi connectivity index (χ0v) is 13.0. The zero-order chi connectivity index (χ0) is 18.2. The molecule has 0 radical (unpaired) electrons. The fraction of sp³-hybridized carbons (Fsp3) is 0.176. The molecule has 0 saturated heterocycles. The van der Waals surface area contributed by atoms with Crippen LogP contribution in [0, 0.1) is 0 Å². The Balaban J connectivity index is 2.06. The van der Waals surface area contributed by atoms with E-state index in [1.807, 2.05) is 0 Å². The van der Waals surface area contributed by atoms with Crippen molar-refractivity contribution in [3.8, 4) is 0 Å². The van der Waals surface area contributed by atoms with Gasteiger partial charge < -0.3 is 13.7 Å². The van der Waals surface area contributed by atoms with Crippen LogP contribution in [0.1, 0.15) is 21.9 Å². The summed E-state index contributed by atoms with van der Waals surface area (Å²) in [4.78, 5) is 23.3. The van der Waals surface area contributed by atoms with Crippen LogP contribution < -0.4 is 5.43 Å². The Hall–Kier alpha value is -3.03. The lowest BCUT2D eigenvalue weighted by molar-refractivity contribution is -0.137. The van der Waals surface area contributed by atoms with E-state index in [1.165, 1.54) is 36.1 Å². The van der Waals surface area contributed by atoms with E-state index in [0.717, 1.165) is 18.2 Å². The maximum atomic E-state index is 12.9. The van der Waals surface area contributed by atoms with Gasteiger partial charge in [-0.1, -0.05) is 0 Å². The third kappa shape index (κ3) is 3.28. The van der Waals surface area contributed by atoms with E-state index in [0.29, 0.717) is 5.76 Å². The molecular weight excluding hydrogens is 339 g/mol. The number of ether oxygens (including phenoxy) is 1. The molecule has 8 heteroatoms. The smallest absolute Gasteiger partial charge is 0.416 e. The van der Waals surface area contributed by atoms with E-state index in [9.17, 15) is 22.8 Å². The van der Waals surface area contributed by atoms with Crippen molar-refractivity contribution in [1.29, 1.82) is 0 Å². The number of pyridine rings is 1. The van der Waals surface area contributed by atoms with Gasteiger partial charge in [-0.2, -0.15) is 13.2 Å². The minimum absolute atomic E-state index is 0.0150. The van der Waals surface area contributed by atoms with Gasteiger partial charge in [0.1, 0.15) is 5.76 Å². The number of methoxy groups -OCH3 is 1. The van der Waals surface area contributed by atoms with Gasteiger partial charge in [-0.3, -0.25) is 4.79 Å². The van der Waals surface area contributed by atoms with Crippen LogP contribution in [0.15, 0.2) is 51.8 Å². The lowest BCUT2D eigenvalue weighted by atomic mass is 10.1. The fourth-order valence-electron chi connectivity index (χ4n) is 2.46. The second-order valence-corrected chi connectivity index (χ2v) is 5.30. The van der Waals surface area contributed by atoms with Crippen LogP contribution in [0.3, 0.4) is 0 Å². The molecule has 0 aliphatic rings. The Labute approximate surface area is 139 Å². The average molecular weight is 351 g/mol. The number of furan rings is 1. The average Bonchev–Trinajstić information content (AvgIpc) is 3.04. The highest BCUT2D eigenvalue weighted by atomic mass is 19.4. The number of carbonyl (C=O) groups excluding carboxylic acids is 1. The van der Waals surface area contributed by atoms with Gasteiger partial charge in [-0.05, 0) is 30.3 Å². The molecule has 0 bridgehead atoms.